The van der Waals surface area contributed by atoms with Gasteiger partial charge in [-0.1, -0.05) is 13.8 Å². The van der Waals surface area contributed by atoms with Gasteiger partial charge in [0.05, 0.1) is 0 Å². The summed E-state index contributed by atoms with van der Waals surface area (Å²) in [6.45, 7) is 4.50. The van der Waals surface area contributed by atoms with Crippen molar-refractivity contribution in [3.8, 4) is 0 Å². The topological polar surface area (TPSA) is 35.5 Å². The van der Waals surface area contributed by atoms with Crippen LogP contribution >= 0.6 is 0 Å². The van der Waals surface area contributed by atoms with Crippen LogP contribution < -0.4 is 0 Å². The summed E-state index contributed by atoms with van der Waals surface area (Å²) in [4.78, 5) is 10.9. The molecule has 0 aromatic rings. The van der Waals surface area contributed by atoms with Crippen molar-refractivity contribution >= 4 is 5.97 Å². The molecule has 0 aromatic heterocycles. The van der Waals surface area contributed by atoms with E-state index in [1.165, 1.54) is 0 Å². The van der Waals surface area contributed by atoms with Crippen LogP contribution in [0.15, 0.2) is 0 Å². The molecule has 0 saturated carbocycles. The maximum absolute atomic E-state index is 10.9. The van der Waals surface area contributed by atoms with E-state index in [4.69, 9.17) is 9.47 Å². The van der Waals surface area contributed by atoms with Crippen LogP contribution in [0.1, 0.15) is 13.8 Å². The largest absolute Gasteiger partial charge is 0.461 e. The Morgan fingerprint density at radius 2 is 2.30 bits per heavy atom. The van der Waals surface area contributed by atoms with E-state index in [9.17, 15) is 4.79 Å². The molecule has 3 fully saturated rings. The predicted octanol–water partition coefficient (Wildman–Crippen LogP) is 0.337. The van der Waals surface area contributed by atoms with Crippen LogP contribution in [0.4, 0.5) is 0 Å². The maximum atomic E-state index is 10.9. The fraction of sp³-hybridized carbons (Fsp3) is 0.857. The van der Waals surface area contributed by atoms with Crippen molar-refractivity contribution in [3.63, 3.8) is 0 Å². The molecule has 2 bridgehead atoms. The van der Waals surface area contributed by atoms with Crippen molar-refractivity contribution < 1.29 is 14.3 Å². The van der Waals surface area contributed by atoms with Crippen LogP contribution in [0.3, 0.4) is 0 Å². The van der Waals surface area contributed by atoms with Crippen molar-refractivity contribution in [1.29, 1.82) is 0 Å². The summed E-state index contributed by atoms with van der Waals surface area (Å²) in [6.07, 6.45) is -0.165. The zero-order valence-corrected chi connectivity index (χ0v) is 6.09. The molecule has 3 aliphatic rings. The van der Waals surface area contributed by atoms with Gasteiger partial charge < -0.3 is 9.47 Å². The monoisotopic (exact) mass is 142 g/mol. The number of esters is 1. The zero-order valence-electron chi connectivity index (χ0n) is 6.09. The van der Waals surface area contributed by atoms with E-state index in [0.29, 0.717) is 6.61 Å². The van der Waals surface area contributed by atoms with Gasteiger partial charge in [-0.25, -0.2) is 4.79 Å². The molecular formula is C7H10O3. The van der Waals surface area contributed by atoms with Crippen molar-refractivity contribution in [2.45, 2.75) is 26.1 Å². The highest BCUT2D eigenvalue weighted by Crippen LogP contribution is 2.44. The second-order valence-corrected chi connectivity index (χ2v) is 3.46. The molecule has 56 valence electrons. The Bertz CT molecular complexity index is 183. The first-order chi connectivity index (χ1) is 4.62. The molecule has 3 heteroatoms. The van der Waals surface area contributed by atoms with E-state index in [1.807, 2.05) is 13.8 Å². The highest BCUT2D eigenvalue weighted by Gasteiger charge is 2.58. The third kappa shape index (κ3) is 0.515. The van der Waals surface area contributed by atoms with Gasteiger partial charge >= 0.3 is 5.97 Å². The molecule has 3 nitrogen and oxygen atoms in total. The van der Waals surface area contributed by atoms with Gasteiger partial charge in [0, 0.05) is 5.41 Å². The summed E-state index contributed by atoms with van der Waals surface area (Å²) in [5.74, 6) is -0.201. The summed E-state index contributed by atoms with van der Waals surface area (Å²) < 4.78 is 10.0. The van der Waals surface area contributed by atoms with E-state index < -0.39 is 0 Å². The van der Waals surface area contributed by atoms with Crippen LogP contribution in [0.25, 0.3) is 0 Å². The molecule has 2 atom stereocenters. The minimum absolute atomic E-state index is 0.00926. The molecule has 0 spiro atoms. The predicted molar refractivity (Wildman–Crippen MR) is 33.4 cm³/mol. The van der Waals surface area contributed by atoms with Crippen molar-refractivity contribution in [3.05, 3.63) is 0 Å². The third-order valence-electron chi connectivity index (χ3n) is 2.40. The Morgan fingerprint density at radius 1 is 1.60 bits per heavy atom. The molecule has 3 rings (SSSR count). The molecule has 0 amide bonds. The van der Waals surface area contributed by atoms with E-state index >= 15 is 0 Å². The van der Waals surface area contributed by atoms with Crippen molar-refractivity contribution in [1.82, 2.24) is 0 Å². The Labute approximate surface area is 59.3 Å². The van der Waals surface area contributed by atoms with Crippen LogP contribution in [0, 0.1) is 5.41 Å². The van der Waals surface area contributed by atoms with Gasteiger partial charge in [-0.3, -0.25) is 0 Å². The first-order valence-electron chi connectivity index (χ1n) is 3.44. The summed E-state index contributed by atoms with van der Waals surface area (Å²) in [7, 11) is 0. The molecule has 0 aromatic carbocycles. The number of ether oxygens (including phenoxy) is 2. The van der Waals surface area contributed by atoms with Crippen LogP contribution in [0.2, 0.25) is 0 Å². The number of rotatable bonds is 0. The molecule has 3 saturated heterocycles. The van der Waals surface area contributed by atoms with Gasteiger partial charge in [0.2, 0.25) is 0 Å². The van der Waals surface area contributed by atoms with Crippen molar-refractivity contribution in [2.75, 3.05) is 6.61 Å². The Kier molecular flexibility index (Phi) is 0.944. The fourth-order valence-corrected chi connectivity index (χ4v) is 1.46. The lowest BCUT2D eigenvalue weighted by Crippen LogP contribution is -2.66. The lowest BCUT2D eigenvalue weighted by molar-refractivity contribution is -0.283. The van der Waals surface area contributed by atoms with E-state index in [2.05, 4.69) is 0 Å². The Hall–Kier alpha value is -0.570. The van der Waals surface area contributed by atoms with E-state index in [0.717, 1.165) is 0 Å². The fourth-order valence-electron chi connectivity index (χ4n) is 1.46. The normalized spacial score (nSPS) is 42.0. The van der Waals surface area contributed by atoms with Gasteiger partial charge in [-0.15, -0.1) is 0 Å². The lowest BCUT2D eigenvalue weighted by atomic mass is 9.74. The second-order valence-electron chi connectivity index (χ2n) is 3.46. The number of fused-ring (bicyclic) bond motifs is 2. The van der Waals surface area contributed by atoms with Crippen LogP contribution in [0.5, 0.6) is 0 Å². The van der Waals surface area contributed by atoms with Gasteiger partial charge in [0.1, 0.15) is 12.7 Å². The number of carbonyl (C=O) groups excluding carboxylic acids is 1. The van der Waals surface area contributed by atoms with Crippen LogP contribution in [-0.4, -0.2) is 24.8 Å². The van der Waals surface area contributed by atoms with Gasteiger partial charge in [-0.2, -0.15) is 0 Å². The first-order valence-corrected chi connectivity index (χ1v) is 3.44. The molecule has 10 heavy (non-hydrogen) atoms. The first kappa shape index (κ1) is 6.16. The van der Waals surface area contributed by atoms with Crippen molar-refractivity contribution in [2.24, 2.45) is 5.41 Å². The summed E-state index contributed by atoms with van der Waals surface area (Å²) in [6, 6.07) is 0. The molecule has 0 aliphatic carbocycles. The molecule has 0 radical (unpaired) electrons. The molecule has 3 heterocycles. The minimum atomic E-state index is -0.300. The molecule has 3 aliphatic heterocycles. The third-order valence-corrected chi connectivity index (χ3v) is 2.40. The molecule has 2 unspecified atom stereocenters. The highest BCUT2D eigenvalue weighted by atomic mass is 16.6. The standard InChI is InChI=1S/C7H10O3/c1-7(2)4-3-9-6(8)5(7)10-4/h4-5H,3H2,1-2H3. The molecular weight excluding hydrogens is 132 g/mol. The second kappa shape index (κ2) is 1.53. The summed E-state index contributed by atoms with van der Waals surface area (Å²) in [5, 5.41) is 0. The maximum Gasteiger partial charge on any atom is 0.336 e. The van der Waals surface area contributed by atoms with Gasteiger partial charge in [0.25, 0.3) is 0 Å². The number of carbonyl (C=O) groups is 1. The van der Waals surface area contributed by atoms with Gasteiger partial charge in [0.15, 0.2) is 6.10 Å². The quantitative estimate of drug-likeness (QED) is 0.457. The Morgan fingerprint density at radius 3 is 2.60 bits per heavy atom. The smallest absolute Gasteiger partial charge is 0.336 e. The molecule has 0 N–H and O–H groups in total. The minimum Gasteiger partial charge on any atom is -0.461 e. The SMILES string of the molecule is CC1(C)C2COC(=O)C1O2. The summed E-state index contributed by atoms with van der Waals surface area (Å²) >= 11 is 0. The van der Waals surface area contributed by atoms with Gasteiger partial charge in [-0.05, 0) is 0 Å². The number of hydrogen-bond donors (Lipinski definition) is 0. The average Bonchev–Trinajstić information content (AvgIpc) is 1.87. The van der Waals surface area contributed by atoms with E-state index in [-0.39, 0.29) is 23.6 Å². The lowest BCUT2D eigenvalue weighted by Gasteiger charge is -2.53. The zero-order chi connectivity index (χ0) is 7.35. The average molecular weight is 142 g/mol. The van der Waals surface area contributed by atoms with Crippen LogP contribution in [-0.2, 0) is 14.3 Å². The highest BCUT2D eigenvalue weighted by molar-refractivity contribution is 5.78. The summed E-state index contributed by atoms with van der Waals surface area (Å²) in [5.41, 5.74) is 0.00926. The number of hydrogen-bond acceptors (Lipinski definition) is 3. The Balaban J connectivity index is 2.23. The van der Waals surface area contributed by atoms with E-state index in [1.54, 1.807) is 0 Å².